The third kappa shape index (κ3) is 4.81. The molecule has 1 saturated heterocycles. The van der Waals surface area contributed by atoms with Gasteiger partial charge in [-0.25, -0.2) is 0 Å². The van der Waals surface area contributed by atoms with Gasteiger partial charge < -0.3 is 10.1 Å². The van der Waals surface area contributed by atoms with Crippen molar-refractivity contribution in [2.75, 3.05) is 19.7 Å². The van der Waals surface area contributed by atoms with Gasteiger partial charge in [-0.3, -0.25) is 9.69 Å². The number of hydrogen-bond acceptors (Lipinski definition) is 3. The van der Waals surface area contributed by atoms with Crippen molar-refractivity contribution in [3.05, 3.63) is 71.3 Å². The number of ether oxygens (including phenoxy) is 1. The smallest absolute Gasteiger partial charge is 0.226 e. The van der Waals surface area contributed by atoms with Gasteiger partial charge in [-0.2, -0.15) is 0 Å². The molecule has 1 N–H and O–H groups in total. The van der Waals surface area contributed by atoms with Crippen molar-refractivity contribution in [2.24, 2.45) is 5.41 Å². The van der Waals surface area contributed by atoms with Crippen molar-refractivity contribution in [3.8, 4) is 0 Å². The highest BCUT2D eigenvalue weighted by atomic mass is 16.5. The minimum atomic E-state index is -0.192. The molecule has 0 bridgehead atoms. The lowest BCUT2D eigenvalue weighted by atomic mass is 9.95. The maximum absolute atomic E-state index is 12.8. The van der Waals surface area contributed by atoms with E-state index in [1.807, 2.05) is 18.2 Å². The van der Waals surface area contributed by atoms with Gasteiger partial charge in [-0.15, -0.1) is 0 Å². The van der Waals surface area contributed by atoms with E-state index in [9.17, 15) is 4.79 Å². The summed E-state index contributed by atoms with van der Waals surface area (Å²) in [7, 11) is 0. The highest BCUT2D eigenvalue weighted by Crippen LogP contribution is 2.48. The van der Waals surface area contributed by atoms with Crippen molar-refractivity contribution in [1.29, 1.82) is 0 Å². The van der Waals surface area contributed by atoms with Crippen LogP contribution in [0.25, 0.3) is 0 Å². The Hall–Kier alpha value is -2.17. The number of benzene rings is 2. The summed E-state index contributed by atoms with van der Waals surface area (Å²) in [5.74, 6) is 0.198. The number of morpholine rings is 1. The van der Waals surface area contributed by atoms with Crippen LogP contribution in [0.15, 0.2) is 54.6 Å². The molecule has 1 amide bonds. The molecule has 1 saturated carbocycles. The van der Waals surface area contributed by atoms with E-state index >= 15 is 0 Å². The van der Waals surface area contributed by atoms with Crippen molar-refractivity contribution in [2.45, 2.75) is 45.4 Å². The normalized spacial score (nSPS) is 21.2. The van der Waals surface area contributed by atoms with Gasteiger partial charge in [-0.1, -0.05) is 54.6 Å². The fourth-order valence-electron chi connectivity index (χ4n) is 4.12. The van der Waals surface area contributed by atoms with Crippen LogP contribution in [0.1, 0.15) is 36.5 Å². The maximum atomic E-state index is 12.8. The minimum Gasteiger partial charge on any atom is -0.376 e. The molecule has 4 rings (SSSR count). The summed E-state index contributed by atoms with van der Waals surface area (Å²) >= 11 is 0. The number of nitrogens with one attached hydrogen (secondary N) is 1. The van der Waals surface area contributed by atoms with E-state index in [1.54, 1.807) is 0 Å². The van der Waals surface area contributed by atoms with Gasteiger partial charge in [0.05, 0.1) is 18.1 Å². The molecule has 28 heavy (non-hydrogen) atoms. The van der Waals surface area contributed by atoms with Crippen LogP contribution in [0.3, 0.4) is 0 Å². The molecule has 1 aliphatic heterocycles. The van der Waals surface area contributed by atoms with Gasteiger partial charge in [0, 0.05) is 26.2 Å². The molecule has 4 heteroatoms. The second kappa shape index (κ2) is 8.46. The van der Waals surface area contributed by atoms with Crippen LogP contribution < -0.4 is 5.32 Å². The Morgan fingerprint density at radius 2 is 1.86 bits per heavy atom. The molecule has 1 heterocycles. The molecule has 1 atom stereocenters. The summed E-state index contributed by atoms with van der Waals surface area (Å²) in [6.07, 6.45) is 3.12. The molecule has 0 spiro atoms. The zero-order chi connectivity index (χ0) is 19.4. The number of rotatable bonds is 7. The zero-order valence-electron chi connectivity index (χ0n) is 16.7. The Morgan fingerprint density at radius 1 is 1.11 bits per heavy atom. The Labute approximate surface area is 167 Å². The summed E-state index contributed by atoms with van der Waals surface area (Å²) in [6.45, 7) is 6.42. The van der Waals surface area contributed by atoms with Crippen LogP contribution in [0.2, 0.25) is 0 Å². The van der Waals surface area contributed by atoms with Crippen LogP contribution in [0.5, 0.6) is 0 Å². The topological polar surface area (TPSA) is 41.6 Å². The number of carbonyl (C=O) groups excluding carboxylic acids is 1. The Kier molecular flexibility index (Phi) is 5.79. The van der Waals surface area contributed by atoms with Gasteiger partial charge in [0.25, 0.3) is 0 Å². The van der Waals surface area contributed by atoms with E-state index in [2.05, 4.69) is 53.5 Å². The van der Waals surface area contributed by atoms with Crippen molar-refractivity contribution >= 4 is 5.91 Å². The molecule has 0 radical (unpaired) electrons. The average molecular weight is 379 g/mol. The minimum absolute atomic E-state index is 0.192. The van der Waals surface area contributed by atoms with Crippen LogP contribution in [-0.2, 0) is 29.0 Å². The predicted octanol–water partition coefficient (Wildman–Crippen LogP) is 3.55. The second-order valence-electron chi connectivity index (χ2n) is 8.36. The third-order valence-corrected chi connectivity index (χ3v) is 5.90. The summed E-state index contributed by atoms with van der Waals surface area (Å²) in [5.41, 5.74) is 3.52. The van der Waals surface area contributed by atoms with E-state index < -0.39 is 0 Å². The monoisotopic (exact) mass is 378 g/mol. The summed E-state index contributed by atoms with van der Waals surface area (Å²) in [5, 5.41) is 3.19. The quantitative estimate of drug-likeness (QED) is 0.801. The SMILES string of the molecule is CC1CN(Cc2cccc(CNC(=O)C3(Cc4ccccc4)CC3)c2)CCO1. The first kappa shape index (κ1) is 19.2. The lowest BCUT2D eigenvalue weighted by Gasteiger charge is -2.31. The summed E-state index contributed by atoms with van der Waals surface area (Å²) < 4.78 is 5.63. The van der Waals surface area contributed by atoms with Gasteiger partial charge in [-0.05, 0) is 42.9 Å². The standard InChI is InChI=1S/C24H30N2O2/c1-19-17-26(12-13-28-19)18-22-9-5-8-21(14-22)16-25-23(27)24(10-11-24)15-20-6-3-2-4-7-20/h2-9,14,19H,10-13,15-18H2,1H3,(H,25,27). The van der Waals surface area contributed by atoms with Gasteiger partial charge in [0.2, 0.25) is 5.91 Å². The molecule has 0 aromatic heterocycles. The maximum Gasteiger partial charge on any atom is 0.226 e. The largest absolute Gasteiger partial charge is 0.376 e. The number of amides is 1. The molecule has 2 aliphatic rings. The first-order valence-electron chi connectivity index (χ1n) is 10.4. The van der Waals surface area contributed by atoms with E-state index in [0.717, 1.165) is 45.5 Å². The summed E-state index contributed by atoms with van der Waals surface area (Å²) in [6, 6.07) is 18.9. The Bertz CT molecular complexity index is 801. The first-order valence-corrected chi connectivity index (χ1v) is 10.4. The van der Waals surface area contributed by atoms with Gasteiger partial charge >= 0.3 is 0 Å². The van der Waals surface area contributed by atoms with E-state index in [1.165, 1.54) is 16.7 Å². The number of nitrogens with zero attached hydrogens (tertiary/aromatic N) is 1. The van der Waals surface area contributed by atoms with Crippen LogP contribution in [-0.4, -0.2) is 36.6 Å². The van der Waals surface area contributed by atoms with Crippen LogP contribution in [0.4, 0.5) is 0 Å². The van der Waals surface area contributed by atoms with E-state index in [0.29, 0.717) is 12.6 Å². The molecule has 1 unspecified atom stereocenters. The molecule has 4 nitrogen and oxygen atoms in total. The lowest BCUT2D eigenvalue weighted by molar-refractivity contribution is -0.126. The van der Waals surface area contributed by atoms with Crippen molar-refractivity contribution in [3.63, 3.8) is 0 Å². The fourth-order valence-corrected chi connectivity index (χ4v) is 4.12. The Morgan fingerprint density at radius 3 is 2.61 bits per heavy atom. The number of hydrogen-bond donors (Lipinski definition) is 1. The predicted molar refractivity (Wildman–Crippen MR) is 111 cm³/mol. The molecule has 2 aromatic rings. The van der Waals surface area contributed by atoms with Crippen molar-refractivity contribution in [1.82, 2.24) is 10.2 Å². The van der Waals surface area contributed by atoms with E-state index in [4.69, 9.17) is 4.74 Å². The highest BCUT2D eigenvalue weighted by Gasteiger charge is 2.49. The van der Waals surface area contributed by atoms with Gasteiger partial charge in [0.15, 0.2) is 0 Å². The van der Waals surface area contributed by atoms with Crippen LogP contribution >= 0.6 is 0 Å². The van der Waals surface area contributed by atoms with Crippen LogP contribution in [0, 0.1) is 5.41 Å². The van der Waals surface area contributed by atoms with E-state index in [-0.39, 0.29) is 11.3 Å². The molecule has 2 fully saturated rings. The molecular formula is C24H30N2O2. The molecular weight excluding hydrogens is 348 g/mol. The fraction of sp³-hybridized carbons (Fsp3) is 0.458. The second-order valence-corrected chi connectivity index (χ2v) is 8.36. The molecule has 148 valence electrons. The average Bonchev–Trinajstić information content (AvgIpc) is 3.48. The molecule has 1 aliphatic carbocycles. The van der Waals surface area contributed by atoms with Gasteiger partial charge in [0.1, 0.15) is 0 Å². The molecule has 2 aromatic carbocycles. The highest BCUT2D eigenvalue weighted by molar-refractivity contribution is 5.85. The number of carbonyl (C=O) groups is 1. The Balaban J connectivity index is 1.31. The third-order valence-electron chi connectivity index (χ3n) is 5.90. The lowest BCUT2D eigenvalue weighted by Crippen LogP contribution is -2.40. The zero-order valence-corrected chi connectivity index (χ0v) is 16.7. The summed E-state index contributed by atoms with van der Waals surface area (Å²) in [4.78, 5) is 15.2. The first-order chi connectivity index (χ1) is 13.6. The van der Waals surface area contributed by atoms with Crippen molar-refractivity contribution < 1.29 is 9.53 Å².